The van der Waals surface area contributed by atoms with Crippen molar-refractivity contribution in [1.82, 2.24) is 0 Å². The highest BCUT2D eigenvalue weighted by Gasteiger charge is 2.30. The normalized spacial score (nSPS) is 21.7. The van der Waals surface area contributed by atoms with E-state index in [0.717, 1.165) is 32.8 Å². The highest BCUT2D eigenvalue weighted by molar-refractivity contribution is 5.74. The fourth-order valence-electron chi connectivity index (χ4n) is 2.16. The first-order chi connectivity index (χ1) is 11.8. The minimum atomic E-state index is -1.01. The molecule has 4 atom stereocenters. The van der Waals surface area contributed by atoms with Gasteiger partial charge in [-0.3, -0.25) is 9.59 Å². The fourth-order valence-corrected chi connectivity index (χ4v) is 2.16. The van der Waals surface area contributed by atoms with Gasteiger partial charge in [0.1, 0.15) is 12.1 Å². The van der Waals surface area contributed by atoms with Crippen molar-refractivity contribution in [3.05, 3.63) is 0 Å². The first-order valence-corrected chi connectivity index (χ1v) is 8.30. The minimum Gasteiger partial charge on any atom is -0.480 e. The van der Waals surface area contributed by atoms with Crippen LogP contribution in [0.1, 0.15) is 38.5 Å². The molecule has 0 aliphatic carbocycles. The van der Waals surface area contributed by atoms with E-state index in [2.05, 4.69) is 0 Å². The molecule has 4 unspecified atom stereocenters. The lowest BCUT2D eigenvalue weighted by atomic mass is 9.99. The van der Waals surface area contributed by atoms with Crippen LogP contribution in [0.3, 0.4) is 0 Å². The molecule has 0 radical (unpaired) electrons. The van der Waals surface area contributed by atoms with Crippen molar-refractivity contribution >= 4 is 11.9 Å². The predicted octanol–water partition coefficient (Wildman–Crippen LogP) is -1.57. The summed E-state index contributed by atoms with van der Waals surface area (Å²) in [6.45, 7) is 1.04. The van der Waals surface area contributed by atoms with E-state index >= 15 is 0 Å². The molecule has 0 aromatic heterocycles. The topological polar surface area (TPSA) is 208 Å². The van der Waals surface area contributed by atoms with E-state index in [1.54, 1.807) is 0 Å². The van der Waals surface area contributed by atoms with Crippen molar-refractivity contribution in [2.75, 3.05) is 20.2 Å². The Balaban J connectivity index is 0. The maximum absolute atomic E-state index is 10.6. The van der Waals surface area contributed by atoms with Crippen LogP contribution in [-0.2, 0) is 14.3 Å². The van der Waals surface area contributed by atoms with E-state index in [1.165, 1.54) is 0 Å². The van der Waals surface area contributed by atoms with Gasteiger partial charge in [-0.05, 0) is 38.6 Å². The average molecular weight is 366 g/mol. The maximum Gasteiger partial charge on any atom is 0.323 e. The summed E-state index contributed by atoms with van der Waals surface area (Å²) in [5.41, 5.74) is 21.3. The van der Waals surface area contributed by atoms with Crippen molar-refractivity contribution in [2.45, 2.75) is 62.8 Å². The van der Waals surface area contributed by atoms with Crippen LogP contribution < -0.4 is 22.9 Å². The van der Waals surface area contributed by atoms with E-state index in [-0.39, 0.29) is 12.2 Å². The first-order valence-electron chi connectivity index (χ1n) is 8.30. The van der Waals surface area contributed by atoms with Gasteiger partial charge in [-0.2, -0.15) is 0 Å². The van der Waals surface area contributed by atoms with Gasteiger partial charge in [0.15, 0.2) is 0 Å². The zero-order chi connectivity index (χ0) is 19.8. The number of aliphatic hydroxyl groups is 1. The second-order valence-electron chi connectivity index (χ2n) is 5.56. The van der Waals surface area contributed by atoms with Crippen molar-refractivity contribution in [3.8, 4) is 0 Å². The summed E-state index contributed by atoms with van der Waals surface area (Å²) < 4.78 is 5.43. The molecule has 0 aromatic rings. The molecule has 11 N–H and O–H groups in total. The lowest BCUT2D eigenvalue weighted by Gasteiger charge is -2.31. The largest absolute Gasteiger partial charge is 0.480 e. The van der Waals surface area contributed by atoms with Crippen molar-refractivity contribution in [3.63, 3.8) is 0 Å². The number of hydrogen-bond acceptors (Lipinski definition) is 8. The summed E-state index contributed by atoms with van der Waals surface area (Å²) in [4.78, 5) is 20.7. The standard InChI is InChI=1S/C8H16N2O3.C6H14N2O2.CH4O/c9-4-5-2-1-3-6(13-5)7(10)8(11)12;7-4-2-1-3-5(8)6(9)10;1-2/h5-7H,1-4,9-10H2,(H,11,12);5H,1-4,7-8H2,(H,9,10);2H,1H3. The molecule has 1 aliphatic heterocycles. The zero-order valence-electron chi connectivity index (χ0n) is 14.8. The van der Waals surface area contributed by atoms with Crippen LogP contribution in [0.15, 0.2) is 0 Å². The number of aliphatic carboxylic acids is 2. The Hall–Kier alpha value is -1.30. The number of unbranched alkanes of at least 4 members (excludes halogenated alkanes) is 1. The number of rotatable bonds is 8. The number of aliphatic hydroxyl groups excluding tert-OH is 1. The molecule has 0 bridgehead atoms. The maximum atomic E-state index is 10.6. The van der Waals surface area contributed by atoms with Crippen LogP contribution in [0.25, 0.3) is 0 Å². The van der Waals surface area contributed by atoms with E-state index in [0.29, 0.717) is 25.9 Å². The molecule has 1 rings (SSSR count). The van der Waals surface area contributed by atoms with Gasteiger partial charge in [0.25, 0.3) is 0 Å². The second-order valence-corrected chi connectivity index (χ2v) is 5.56. The Bertz CT molecular complexity index is 359. The zero-order valence-corrected chi connectivity index (χ0v) is 14.8. The highest BCUT2D eigenvalue weighted by atomic mass is 16.5. The Morgan fingerprint density at radius 2 is 1.68 bits per heavy atom. The molecule has 0 saturated carbocycles. The quantitative estimate of drug-likeness (QED) is 0.245. The third kappa shape index (κ3) is 12.7. The number of carboxylic acids is 2. The van der Waals surface area contributed by atoms with Crippen molar-refractivity contribution in [1.29, 1.82) is 0 Å². The monoisotopic (exact) mass is 366 g/mol. The lowest BCUT2D eigenvalue weighted by Crippen LogP contribution is -2.47. The summed E-state index contributed by atoms with van der Waals surface area (Å²) in [5, 5.41) is 24.0. The van der Waals surface area contributed by atoms with Crippen LogP contribution >= 0.6 is 0 Å². The van der Waals surface area contributed by atoms with Crippen LogP contribution in [0.2, 0.25) is 0 Å². The summed E-state index contributed by atoms with van der Waals surface area (Å²) >= 11 is 0. The van der Waals surface area contributed by atoms with Crippen LogP contribution in [-0.4, -0.2) is 71.7 Å². The Kier molecular flexibility index (Phi) is 16.8. The smallest absolute Gasteiger partial charge is 0.323 e. The Labute approximate surface area is 148 Å². The van der Waals surface area contributed by atoms with Gasteiger partial charge in [-0.15, -0.1) is 0 Å². The molecule has 1 heterocycles. The SMILES string of the molecule is CO.NCC1CCCC(C(N)C(=O)O)O1.NCCCCC(N)C(=O)O. The van der Waals surface area contributed by atoms with Gasteiger partial charge in [-0.1, -0.05) is 6.42 Å². The van der Waals surface area contributed by atoms with E-state index in [9.17, 15) is 9.59 Å². The minimum absolute atomic E-state index is 0.0239. The summed E-state index contributed by atoms with van der Waals surface area (Å²) in [6, 6.07) is -1.64. The molecule has 10 nitrogen and oxygen atoms in total. The number of ether oxygens (including phenoxy) is 1. The van der Waals surface area contributed by atoms with Gasteiger partial charge in [0.05, 0.1) is 12.2 Å². The number of hydrogen-bond donors (Lipinski definition) is 7. The Morgan fingerprint density at radius 3 is 2.12 bits per heavy atom. The molecule has 0 amide bonds. The van der Waals surface area contributed by atoms with Gasteiger partial charge in [0, 0.05) is 13.7 Å². The van der Waals surface area contributed by atoms with Crippen LogP contribution in [0.5, 0.6) is 0 Å². The molecule has 10 heteroatoms. The van der Waals surface area contributed by atoms with Gasteiger partial charge in [-0.25, -0.2) is 0 Å². The molecule has 1 saturated heterocycles. The van der Waals surface area contributed by atoms with Gasteiger partial charge >= 0.3 is 11.9 Å². The third-order valence-electron chi connectivity index (χ3n) is 3.62. The van der Waals surface area contributed by atoms with Crippen molar-refractivity contribution in [2.24, 2.45) is 22.9 Å². The molecule has 1 aliphatic rings. The molecule has 0 spiro atoms. The highest BCUT2D eigenvalue weighted by Crippen LogP contribution is 2.20. The molecular weight excluding hydrogens is 332 g/mol. The third-order valence-corrected chi connectivity index (χ3v) is 3.62. The van der Waals surface area contributed by atoms with Crippen LogP contribution in [0.4, 0.5) is 0 Å². The second kappa shape index (κ2) is 16.2. The van der Waals surface area contributed by atoms with Crippen LogP contribution in [0, 0.1) is 0 Å². The molecular formula is C15H34N4O6. The van der Waals surface area contributed by atoms with Gasteiger partial charge in [0.2, 0.25) is 0 Å². The van der Waals surface area contributed by atoms with Gasteiger partial charge < -0.3 is 43.0 Å². The molecule has 25 heavy (non-hydrogen) atoms. The van der Waals surface area contributed by atoms with E-state index in [1.807, 2.05) is 0 Å². The summed E-state index contributed by atoms with van der Waals surface area (Å²) in [6.07, 6.45) is 4.32. The summed E-state index contributed by atoms with van der Waals surface area (Å²) in [7, 11) is 1.00. The average Bonchev–Trinajstić information content (AvgIpc) is 2.63. The molecule has 1 fully saturated rings. The summed E-state index contributed by atoms with van der Waals surface area (Å²) in [5.74, 6) is -1.94. The van der Waals surface area contributed by atoms with E-state index < -0.39 is 24.0 Å². The molecule has 150 valence electrons. The predicted molar refractivity (Wildman–Crippen MR) is 93.8 cm³/mol. The number of carboxylic acid groups (broad SMARTS) is 2. The Morgan fingerprint density at radius 1 is 1.08 bits per heavy atom. The molecule has 0 aromatic carbocycles. The number of nitrogens with two attached hydrogens (primary N) is 4. The first kappa shape index (κ1) is 25.9. The fraction of sp³-hybridized carbons (Fsp3) is 0.867. The lowest BCUT2D eigenvalue weighted by molar-refractivity contribution is -0.146. The number of carbonyl (C=O) groups is 2. The van der Waals surface area contributed by atoms with E-state index in [4.69, 9.17) is 43.0 Å². The van der Waals surface area contributed by atoms with Crippen molar-refractivity contribution < 1.29 is 29.6 Å².